The molecule has 0 amide bonds. The Morgan fingerprint density at radius 2 is 1.70 bits per heavy atom. The highest BCUT2D eigenvalue weighted by Gasteiger charge is 2.14. The van der Waals surface area contributed by atoms with Crippen molar-refractivity contribution < 1.29 is 9.90 Å². The molecule has 3 N–H and O–H groups in total. The smallest absolute Gasteiger partial charge is 0.320 e. The van der Waals surface area contributed by atoms with Crippen molar-refractivity contribution >= 4 is 5.97 Å². The van der Waals surface area contributed by atoms with Gasteiger partial charge in [-0.1, -0.05) is 28.7 Å². The van der Waals surface area contributed by atoms with Gasteiger partial charge in [0.25, 0.3) is 0 Å². The summed E-state index contributed by atoms with van der Waals surface area (Å²) in [5.41, 5.74) is 5.16. The molecule has 0 fully saturated rings. The largest absolute Gasteiger partial charge is 0.480 e. The molecule has 0 unspecified atom stereocenters. The van der Waals surface area contributed by atoms with Crippen LogP contribution in [0.4, 0.5) is 0 Å². The zero-order valence-electron chi connectivity index (χ0n) is 5.09. The van der Waals surface area contributed by atoms with Crippen LogP contribution < -0.4 is 5.73 Å². The summed E-state index contributed by atoms with van der Waals surface area (Å²) in [5, 5.41) is 8.23. The van der Waals surface area contributed by atoms with E-state index in [9.17, 15) is 4.79 Å². The lowest BCUT2D eigenvalue weighted by Gasteiger charge is -2.07. The maximum Gasteiger partial charge on any atom is 0.320 e. The summed E-state index contributed by atoms with van der Waals surface area (Å²) in [4.78, 5) is 10.0. The molecule has 0 bridgehead atoms. The van der Waals surface area contributed by atoms with Gasteiger partial charge >= 0.3 is 5.97 Å². The molecule has 0 spiro atoms. The second-order valence-electron chi connectivity index (χ2n) is 2.11. The molecule has 3 nitrogen and oxygen atoms in total. The minimum absolute atomic E-state index is 0. The average molecular weight is 149 g/mol. The van der Waals surface area contributed by atoms with E-state index in [1.54, 1.807) is 13.8 Å². The van der Waals surface area contributed by atoms with Crippen LogP contribution in [0.25, 0.3) is 0 Å². The zero-order valence-corrected chi connectivity index (χ0v) is 5.09. The van der Waals surface area contributed by atoms with Gasteiger partial charge in [-0.25, -0.2) is 0 Å². The Morgan fingerprint density at radius 1 is 1.40 bits per heavy atom. The molecule has 0 radical (unpaired) electrons. The third-order valence-corrected chi connectivity index (χ3v) is 1.00. The molecule has 64 valence electrons. The first kappa shape index (κ1) is 16.2. The Labute approximate surface area is 63.2 Å². The summed E-state index contributed by atoms with van der Waals surface area (Å²) in [6, 6.07) is -0.713. The molecule has 0 aliphatic heterocycles. The van der Waals surface area contributed by atoms with E-state index in [1.807, 2.05) is 0 Å². The van der Waals surface area contributed by atoms with E-state index >= 15 is 0 Å². The van der Waals surface area contributed by atoms with Gasteiger partial charge in [0.1, 0.15) is 6.04 Å². The third kappa shape index (κ3) is 5.56. The summed E-state index contributed by atoms with van der Waals surface area (Å²) < 4.78 is 0. The number of hydrogen-bond donors (Lipinski definition) is 2. The second-order valence-corrected chi connectivity index (χ2v) is 2.11. The van der Waals surface area contributed by atoms with Gasteiger partial charge < -0.3 is 10.8 Å². The maximum atomic E-state index is 10.0. The van der Waals surface area contributed by atoms with Crippen LogP contribution >= 0.6 is 0 Å². The van der Waals surface area contributed by atoms with Gasteiger partial charge in [-0.05, 0) is 5.92 Å². The van der Waals surface area contributed by atoms with Gasteiger partial charge in [-0.2, -0.15) is 0 Å². The van der Waals surface area contributed by atoms with Crippen LogP contribution in [-0.4, -0.2) is 17.1 Å². The van der Waals surface area contributed by atoms with Gasteiger partial charge in [0.2, 0.25) is 0 Å². The molecular formula is C7H19NO2. The summed E-state index contributed by atoms with van der Waals surface area (Å²) in [6.45, 7) is 3.55. The van der Waals surface area contributed by atoms with Gasteiger partial charge in [-0.3, -0.25) is 4.79 Å². The van der Waals surface area contributed by atoms with E-state index < -0.39 is 12.0 Å². The van der Waals surface area contributed by atoms with Crippen molar-refractivity contribution in [3.63, 3.8) is 0 Å². The average Bonchev–Trinajstić information content (AvgIpc) is 1.64. The van der Waals surface area contributed by atoms with Crippen molar-refractivity contribution in [2.45, 2.75) is 34.7 Å². The molecule has 0 aromatic carbocycles. The fraction of sp³-hybridized carbons (Fsp3) is 0.857. The van der Waals surface area contributed by atoms with E-state index in [4.69, 9.17) is 10.8 Å². The Balaban J connectivity index is -0.000000245. The van der Waals surface area contributed by atoms with Crippen molar-refractivity contribution in [1.29, 1.82) is 0 Å². The predicted octanol–water partition coefficient (Wildman–Crippen LogP) is 1.33. The molecule has 10 heavy (non-hydrogen) atoms. The van der Waals surface area contributed by atoms with Crippen LogP contribution in [0.5, 0.6) is 0 Å². The minimum Gasteiger partial charge on any atom is -0.480 e. The van der Waals surface area contributed by atoms with Crippen molar-refractivity contribution in [2.75, 3.05) is 0 Å². The fourth-order valence-corrected chi connectivity index (χ4v) is 0.285. The van der Waals surface area contributed by atoms with Crippen LogP contribution in [0.1, 0.15) is 28.7 Å². The number of carboxylic acids is 1. The maximum absolute atomic E-state index is 10.0. The second kappa shape index (κ2) is 6.55. The number of rotatable bonds is 2. The molecule has 0 saturated carbocycles. The highest BCUT2D eigenvalue weighted by molar-refractivity contribution is 5.73. The molecule has 0 aromatic rings. The number of aliphatic carboxylic acids is 1. The monoisotopic (exact) mass is 149 g/mol. The molecule has 3 heteroatoms. The lowest BCUT2D eigenvalue weighted by molar-refractivity contribution is -0.139. The zero-order chi connectivity index (χ0) is 6.73. The highest BCUT2D eigenvalue weighted by Crippen LogP contribution is 1.96. The number of hydrogen-bond acceptors (Lipinski definition) is 2. The van der Waals surface area contributed by atoms with Crippen molar-refractivity contribution in [1.82, 2.24) is 0 Å². The number of carboxylic acid groups (broad SMARTS) is 1. The van der Waals surface area contributed by atoms with E-state index in [1.165, 1.54) is 0 Å². The number of carbonyl (C=O) groups is 1. The van der Waals surface area contributed by atoms with Crippen LogP contribution in [0.2, 0.25) is 0 Å². The summed E-state index contributed by atoms with van der Waals surface area (Å²) >= 11 is 0. The van der Waals surface area contributed by atoms with Gasteiger partial charge in [-0.15, -0.1) is 0 Å². The summed E-state index contributed by atoms with van der Waals surface area (Å²) in [7, 11) is 0. The van der Waals surface area contributed by atoms with Crippen LogP contribution in [-0.2, 0) is 4.79 Å². The minimum atomic E-state index is -0.931. The normalized spacial score (nSPS) is 11.2. The lowest BCUT2D eigenvalue weighted by Crippen LogP contribution is -2.34. The van der Waals surface area contributed by atoms with E-state index in [0.29, 0.717) is 0 Å². The van der Waals surface area contributed by atoms with Gasteiger partial charge in [0.15, 0.2) is 0 Å². The molecule has 0 aliphatic carbocycles. The predicted molar refractivity (Wildman–Crippen MR) is 43.9 cm³/mol. The Bertz CT molecular complexity index is 91.6. The summed E-state index contributed by atoms with van der Waals surface area (Å²) in [5.74, 6) is -0.910. The first-order valence-corrected chi connectivity index (χ1v) is 2.54. The molecular weight excluding hydrogens is 130 g/mol. The highest BCUT2D eigenvalue weighted by atomic mass is 16.4. The van der Waals surface area contributed by atoms with Crippen molar-refractivity contribution in [3.05, 3.63) is 0 Å². The third-order valence-electron chi connectivity index (χ3n) is 1.00. The van der Waals surface area contributed by atoms with Crippen molar-refractivity contribution in [2.24, 2.45) is 11.7 Å². The van der Waals surface area contributed by atoms with Gasteiger partial charge in [0.05, 0.1) is 0 Å². The molecule has 1 atom stereocenters. The van der Waals surface area contributed by atoms with Gasteiger partial charge in [0, 0.05) is 0 Å². The van der Waals surface area contributed by atoms with E-state index in [2.05, 4.69) is 0 Å². The molecule has 0 aromatic heterocycles. The van der Waals surface area contributed by atoms with E-state index in [0.717, 1.165) is 0 Å². The number of nitrogens with two attached hydrogens (primary N) is 1. The Kier molecular flexibility index (Phi) is 10.6. The lowest BCUT2D eigenvalue weighted by atomic mass is 10.1. The Hall–Kier alpha value is -0.570. The molecule has 0 saturated heterocycles. The molecule has 0 heterocycles. The van der Waals surface area contributed by atoms with E-state index in [-0.39, 0.29) is 20.8 Å². The molecule has 0 aliphatic rings. The SMILES string of the molecule is C.C.CC(C)[C@H](N)C(=O)O. The van der Waals surface area contributed by atoms with Crippen LogP contribution in [0.15, 0.2) is 0 Å². The first-order chi connectivity index (χ1) is 3.55. The first-order valence-electron chi connectivity index (χ1n) is 2.54. The molecule has 0 rings (SSSR count). The fourth-order valence-electron chi connectivity index (χ4n) is 0.285. The van der Waals surface area contributed by atoms with Crippen molar-refractivity contribution in [3.8, 4) is 0 Å². The topological polar surface area (TPSA) is 63.3 Å². The van der Waals surface area contributed by atoms with Crippen LogP contribution in [0.3, 0.4) is 0 Å². The van der Waals surface area contributed by atoms with Crippen LogP contribution in [0, 0.1) is 5.92 Å². The standard InChI is InChI=1S/C5H11NO2.2CH4/c1-3(2)4(6)5(7)8;;/h3-4H,6H2,1-2H3,(H,7,8);2*1H4/t4-;;/m0../s1. The quantitative estimate of drug-likeness (QED) is 0.622. The summed E-state index contributed by atoms with van der Waals surface area (Å²) in [6.07, 6.45) is 0. The Morgan fingerprint density at radius 3 is 1.70 bits per heavy atom.